The maximum Gasteiger partial charge on any atom is 0.252 e. The van der Waals surface area contributed by atoms with Crippen LogP contribution in [0.3, 0.4) is 0 Å². The minimum absolute atomic E-state index is 0.0766. The normalized spacial score (nSPS) is 12.4. The number of carbonyl (C=O) groups is 1. The van der Waals surface area contributed by atoms with Crippen LogP contribution in [0.4, 0.5) is 0 Å². The van der Waals surface area contributed by atoms with Gasteiger partial charge in [-0.05, 0) is 35.4 Å². The molecule has 2 aromatic carbocycles. The molecule has 3 rings (SSSR count). The Labute approximate surface area is 158 Å². The van der Waals surface area contributed by atoms with Crippen LogP contribution in [-0.4, -0.2) is 27.7 Å². The van der Waals surface area contributed by atoms with Crippen LogP contribution >= 0.6 is 0 Å². The van der Waals surface area contributed by atoms with Crippen LogP contribution < -0.4 is 9.47 Å². The number of carbonyl (C=O) groups excluding carboxylic acids is 1. The first kappa shape index (κ1) is 18.6. The van der Waals surface area contributed by atoms with Crippen LogP contribution in [-0.2, 0) is 4.79 Å². The second-order valence-corrected chi connectivity index (χ2v) is 7.21. The highest BCUT2D eigenvalue weighted by Gasteiger charge is 2.33. The summed E-state index contributed by atoms with van der Waals surface area (Å²) in [4.78, 5) is 16.7. The Hall–Kier alpha value is -3.15. The topological polar surface area (TPSA) is 66.2 Å². The molecule has 0 saturated heterocycles. The maximum atomic E-state index is 12.8. The third-order valence-corrected chi connectivity index (χ3v) is 4.17. The van der Waals surface area contributed by atoms with Gasteiger partial charge in [-0.25, -0.2) is 9.67 Å². The van der Waals surface area contributed by atoms with Crippen molar-refractivity contribution < 1.29 is 14.3 Å². The summed E-state index contributed by atoms with van der Waals surface area (Å²) in [5, 5.41) is 4.08. The molecule has 6 nitrogen and oxygen atoms in total. The summed E-state index contributed by atoms with van der Waals surface area (Å²) in [6.45, 7) is 5.57. The van der Waals surface area contributed by atoms with E-state index in [-0.39, 0.29) is 5.78 Å². The number of rotatable bonds is 6. The molecule has 140 valence electrons. The molecule has 0 saturated carbocycles. The first-order valence-electron chi connectivity index (χ1n) is 8.68. The van der Waals surface area contributed by atoms with Gasteiger partial charge in [0, 0.05) is 5.41 Å². The number of Topliss-reactive ketones (excluding diaryl/α,β-unsaturated/α-hetero) is 1. The largest absolute Gasteiger partial charge is 0.497 e. The average Bonchev–Trinajstić information content (AvgIpc) is 3.20. The van der Waals surface area contributed by atoms with E-state index in [1.807, 2.05) is 69.3 Å². The molecule has 1 heterocycles. The van der Waals surface area contributed by atoms with Crippen molar-refractivity contribution in [3.63, 3.8) is 0 Å². The summed E-state index contributed by atoms with van der Waals surface area (Å²) in [6, 6.07) is 15.4. The van der Waals surface area contributed by atoms with Crippen LogP contribution in [0.5, 0.6) is 11.5 Å². The van der Waals surface area contributed by atoms with E-state index in [1.165, 1.54) is 17.3 Å². The average molecular weight is 365 g/mol. The van der Waals surface area contributed by atoms with E-state index in [0.29, 0.717) is 5.75 Å². The number of nitrogens with zero attached hydrogens (tertiary/aromatic N) is 3. The van der Waals surface area contributed by atoms with Crippen LogP contribution in [0.15, 0.2) is 61.2 Å². The number of ketones is 1. The first-order chi connectivity index (χ1) is 12.9. The Morgan fingerprint density at radius 2 is 1.52 bits per heavy atom. The standard InChI is InChI=1S/C21H23N3O3/c1-21(2,3)19(25)20(24-14-22-13-23-24)27-18-11-7-16(8-12-18)15-5-9-17(26-4)10-6-15/h5-14,20H,1-4H3. The molecule has 3 aromatic rings. The van der Waals surface area contributed by atoms with Gasteiger partial charge in [0.1, 0.15) is 24.2 Å². The molecule has 1 atom stereocenters. The fraction of sp³-hybridized carbons (Fsp3) is 0.286. The Balaban J connectivity index is 1.81. The predicted molar refractivity (Wildman–Crippen MR) is 103 cm³/mol. The van der Waals surface area contributed by atoms with Crippen molar-refractivity contribution in [2.24, 2.45) is 5.41 Å². The van der Waals surface area contributed by atoms with Crippen LogP contribution in [0.2, 0.25) is 0 Å². The number of methoxy groups -OCH3 is 1. The van der Waals surface area contributed by atoms with Crippen molar-refractivity contribution >= 4 is 5.78 Å². The third-order valence-electron chi connectivity index (χ3n) is 4.17. The summed E-state index contributed by atoms with van der Waals surface area (Å²) in [6.07, 6.45) is 2.01. The van der Waals surface area contributed by atoms with Crippen molar-refractivity contribution in [3.05, 3.63) is 61.2 Å². The van der Waals surface area contributed by atoms with Crippen LogP contribution in [0.1, 0.15) is 27.0 Å². The number of hydrogen-bond donors (Lipinski definition) is 0. The van der Waals surface area contributed by atoms with E-state index in [1.54, 1.807) is 7.11 Å². The molecule has 0 amide bonds. The molecule has 1 unspecified atom stereocenters. The van der Waals surface area contributed by atoms with E-state index < -0.39 is 11.6 Å². The molecule has 0 spiro atoms. The maximum absolute atomic E-state index is 12.8. The Bertz CT molecular complexity index is 880. The van der Waals surface area contributed by atoms with Crippen molar-refractivity contribution in [1.29, 1.82) is 0 Å². The Morgan fingerprint density at radius 1 is 0.963 bits per heavy atom. The second kappa shape index (κ2) is 7.61. The van der Waals surface area contributed by atoms with Gasteiger partial charge in [-0.15, -0.1) is 0 Å². The lowest BCUT2D eigenvalue weighted by molar-refractivity contribution is -0.138. The molecule has 1 aromatic heterocycles. The predicted octanol–water partition coefficient (Wildman–Crippen LogP) is 4.15. The lowest BCUT2D eigenvalue weighted by atomic mass is 9.90. The van der Waals surface area contributed by atoms with Gasteiger partial charge in [-0.3, -0.25) is 4.79 Å². The van der Waals surface area contributed by atoms with E-state index in [4.69, 9.17) is 9.47 Å². The molecule has 0 aliphatic carbocycles. The second-order valence-electron chi connectivity index (χ2n) is 7.21. The minimum atomic E-state index is -0.862. The molecule has 0 aliphatic rings. The monoisotopic (exact) mass is 365 g/mol. The van der Waals surface area contributed by atoms with E-state index >= 15 is 0 Å². The summed E-state index contributed by atoms with van der Waals surface area (Å²) in [5.41, 5.74) is 1.55. The highest BCUT2D eigenvalue weighted by molar-refractivity contribution is 5.86. The molecule has 27 heavy (non-hydrogen) atoms. The van der Waals surface area contributed by atoms with Crippen LogP contribution in [0, 0.1) is 5.41 Å². The van der Waals surface area contributed by atoms with Gasteiger partial charge < -0.3 is 9.47 Å². The SMILES string of the molecule is COc1ccc(-c2ccc(OC(C(=O)C(C)(C)C)n3cncn3)cc2)cc1. The molecule has 0 bridgehead atoms. The number of ether oxygens (including phenoxy) is 2. The number of benzene rings is 2. The molecule has 0 aliphatic heterocycles. The molecular formula is C21H23N3O3. The highest BCUT2D eigenvalue weighted by Crippen LogP contribution is 2.28. The van der Waals surface area contributed by atoms with Gasteiger partial charge in [0.15, 0.2) is 0 Å². The van der Waals surface area contributed by atoms with E-state index in [2.05, 4.69) is 10.1 Å². The van der Waals surface area contributed by atoms with Gasteiger partial charge in [0.2, 0.25) is 5.78 Å². The minimum Gasteiger partial charge on any atom is -0.497 e. The molecule has 6 heteroatoms. The summed E-state index contributed by atoms with van der Waals surface area (Å²) >= 11 is 0. The zero-order valence-corrected chi connectivity index (χ0v) is 15.9. The van der Waals surface area contributed by atoms with Gasteiger partial charge in [-0.2, -0.15) is 5.10 Å². The molecular weight excluding hydrogens is 342 g/mol. The molecule has 0 radical (unpaired) electrons. The quantitative estimate of drug-likeness (QED) is 0.657. The zero-order chi connectivity index (χ0) is 19.4. The van der Waals surface area contributed by atoms with Crippen molar-refractivity contribution in [1.82, 2.24) is 14.8 Å². The fourth-order valence-corrected chi connectivity index (χ4v) is 2.57. The first-order valence-corrected chi connectivity index (χ1v) is 8.68. The number of hydrogen-bond acceptors (Lipinski definition) is 5. The molecule has 0 N–H and O–H groups in total. The van der Waals surface area contributed by atoms with E-state index in [9.17, 15) is 4.79 Å². The third kappa shape index (κ3) is 4.34. The Morgan fingerprint density at radius 3 is 1.96 bits per heavy atom. The van der Waals surface area contributed by atoms with Crippen molar-refractivity contribution in [2.75, 3.05) is 7.11 Å². The van der Waals surface area contributed by atoms with Crippen LogP contribution in [0.25, 0.3) is 11.1 Å². The zero-order valence-electron chi connectivity index (χ0n) is 15.9. The van der Waals surface area contributed by atoms with E-state index in [0.717, 1.165) is 16.9 Å². The lowest BCUT2D eigenvalue weighted by Crippen LogP contribution is -2.34. The van der Waals surface area contributed by atoms with Crippen molar-refractivity contribution in [3.8, 4) is 22.6 Å². The summed E-state index contributed by atoms with van der Waals surface area (Å²) < 4.78 is 12.6. The molecule has 0 fully saturated rings. The highest BCUT2D eigenvalue weighted by atomic mass is 16.5. The summed E-state index contributed by atoms with van der Waals surface area (Å²) in [5.74, 6) is 1.33. The summed E-state index contributed by atoms with van der Waals surface area (Å²) in [7, 11) is 1.64. The number of aromatic nitrogens is 3. The van der Waals surface area contributed by atoms with Gasteiger partial charge >= 0.3 is 0 Å². The Kier molecular flexibility index (Phi) is 5.26. The van der Waals surface area contributed by atoms with Gasteiger partial charge in [-0.1, -0.05) is 45.0 Å². The fourth-order valence-electron chi connectivity index (χ4n) is 2.57. The lowest BCUT2D eigenvalue weighted by Gasteiger charge is -2.25. The van der Waals surface area contributed by atoms with Crippen molar-refractivity contribution in [2.45, 2.75) is 27.0 Å². The van der Waals surface area contributed by atoms with Gasteiger partial charge in [0.25, 0.3) is 6.23 Å². The smallest absolute Gasteiger partial charge is 0.252 e. The van der Waals surface area contributed by atoms with Gasteiger partial charge in [0.05, 0.1) is 7.11 Å².